The third kappa shape index (κ3) is 5.51. The second-order valence-corrected chi connectivity index (χ2v) is 8.72. The van der Waals surface area contributed by atoms with Gasteiger partial charge in [0.2, 0.25) is 0 Å². The molecule has 1 heterocycles. The van der Waals surface area contributed by atoms with E-state index in [9.17, 15) is 0 Å². The standard InChI is InChI=1S/C24H17N2.C5H12O2.Ir/c1-15-11-12-19-20(13-15)18-10-6-7-16(2)22(18)24-23(19)25-14-21(26-24)17-8-4-3-5-9-17;1-4(6)3-5(2)7;/h3-11,13-14H,1-2H3;4-7H,3H2,1-2H3;/q-1;;. The van der Waals surface area contributed by atoms with Crippen LogP contribution >= 0.6 is 0 Å². The molecule has 2 atom stereocenters. The first-order valence-corrected chi connectivity index (χ1v) is 11.3. The van der Waals surface area contributed by atoms with Crippen LogP contribution in [0.1, 0.15) is 31.4 Å². The summed E-state index contributed by atoms with van der Waals surface area (Å²) in [7, 11) is 0. The fraction of sp³-hybridized carbons (Fsp3) is 0.241. The van der Waals surface area contributed by atoms with Crippen molar-refractivity contribution in [3.05, 3.63) is 84.1 Å². The number of aromatic nitrogens is 2. The first-order chi connectivity index (χ1) is 15.8. The zero-order valence-electron chi connectivity index (χ0n) is 19.8. The molecule has 5 aromatic rings. The zero-order valence-corrected chi connectivity index (χ0v) is 22.2. The zero-order chi connectivity index (χ0) is 23.5. The van der Waals surface area contributed by atoms with Crippen molar-refractivity contribution in [3.8, 4) is 11.3 Å². The molecule has 1 radical (unpaired) electrons. The van der Waals surface area contributed by atoms with Crippen molar-refractivity contribution in [1.82, 2.24) is 9.97 Å². The summed E-state index contributed by atoms with van der Waals surface area (Å²) in [5.74, 6) is 0. The van der Waals surface area contributed by atoms with Crippen molar-refractivity contribution >= 4 is 32.6 Å². The minimum absolute atomic E-state index is 0. The van der Waals surface area contributed by atoms with E-state index >= 15 is 0 Å². The third-order valence-electron chi connectivity index (χ3n) is 5.65. The number of fused-ring (bicyclic) bond motifs is 6. The maximum atomic E-state index is 8.56. The van der Waals surface area contributed by atoms with E-state index in [1.165, 1.54) is 27.3 Å². The predicted molar refractivity (Wildman–Crippen MR) is 136 cm³/mol. The number of aliphatic hydroxyl groups is 2. The monoisotopic (exact) mass is 630 g/mol. The van der Waals surface area contributed by atoms with Gasteiger partial charge in [0.1, 0.15) is 0 Å². The van der Waals surface area contributed by atoms with Crippen LogP contribution in [0.15, 0.2) is 66.9 Å². The van der Waals surface area contributed by atoms with Gasteiger partial charge in [0, 0.05) is 37.4 Å². The van der Waals surface area contributed by atoms with E-state index in [1.54, 1.807) is 13.8 Å². The van der Waals surface area contributed by atoms with Gasteiger partial charge in [-0.05, 0) is 38.1 Å². The number of rotatable bonds is 3. The van der Waals surface area contributed by atoms with Crippen LogP contribution in [0.25, 0.3) is 43.8 Å². The summed E-state index contributed by atoms with van der Waals surface area (Å²) in [6.45, 7) is 7.56. The Morgan fingerprint density at radius 3 is 2.24 bits per heavy atom. The minimum atomic E-state index is -0.375. The molecule has 4 aromatic carbocycles. The summed E-state index contributed by atoms with van der Waals surface area (Å²) in [6, 6.07) is 24.3. The maximum absolute atomic E-state index is 8.56. The van der Waals surface area contributed by atoms with Crippen LogP contribution in [0.2, 0.25) is 0 Å². The first-order valence-electron chi connectivity index (χ1n) is 11.3. The Bertz CT molecular complexity index is 1410. The molecule has 0 saturated carbocycles. The Balaban J connectivity index is 0.000000357. The molecule has 4 nitrogen and oxygen atoms in total. The number of hydrogen-bond donors (Lipinski definition) is 2. The molecular weight excluding hydrogens is 601 g/mol. The topological polar surface area (TPSA) is 66.2 Å². The van der Waals surface area contributed by atoms with Crippen molar-refractivity contribution < 1.29 is 30.3 Å². The number of benzene rings is 4. The Morgan fingerprint density at radius 2 is 1.59 bits per heavy atom. The van der Waals surface area contributed by atoms with Crippen LogP contribution in [-0.4, -0.2) is 32.4 Å². The second kappa shape index (κ2) is 11.2. The molecule has 0 aliphatic heterocycles. The molecule has 0 saturated heterocycles. The molecule has 0 aliphatic rings. The molecule has 2 unspecified atom stereocenters. The van der Waals surface area contributed by atoms with E-state index in [1.807, 2.05) is 30.5 Å². The minimum Gasteiger partial charge on any atom is -0.393 e. The fourth-order valence-corrected chi connectivity index (χ4v) is 4.21. The van der Waals surface area contributed by atoms with Crippen molar-refractivity contribution in [2.45, 2.75) is 46.3 Å². The molecular formula is C29H29IrN2O2-. The number of hydrogen-bond acceptors (Lipinski definition) is 4. The molecule has 0 bridgehead atoms. The van der Waals surface area contributed by atoms with Crippen LogP contribution in [0.5, 0.6) is 0 Å². The molecule has 5 rings (SSSR count). The van der Waals surface area contributed by atoms with Gasteiger partial charge in [0.15, 0.2) is 0 Å². The number of aliphatic hydroxyl groups excluding tert-OH is 2. The average Bonchev–Trinajstić information content (AvgIpc) is 2.79. The summed E-state index contributed by atoms with van der Waals surface area (Å²) in [6.07, 6.45) is 1.59. The molecule has 0 spiro atoms. The summed E-state index contributed by atoms with van der Waals surface area (Å²) >= 11 is 0. The molecule has 0 aliphatic carbocycles. The Hall–Kier alpha value is -2.69. The van der Waals surface area contributed by atoms with Crippen molar-refractivity contribution in [2.24, 2.45) is 0 Å². The first kappa shape index (κ1) is 25.9. The van der Waals surface area contributed by atoms with Crippen molar-refractivity contribution in [1.29, 1.82) is 0 Å². The summed E-state index contributed by atoms with van der Waals surface area (Å²) in [4.78, 5) is 9.84. The van der Waals surface area contributed by atoms with Crippen LogP contribution in [0.3, 0.4) is 0 Å². The van der Waals surface area contributed by atoms with E-state index in [0.717, 1.165) is 27.7 Å². The number of aryl methyl sites for hydroxylation is 2. The van der Waals surface area contributed by atoms with Gasteiger partial charge in [-0.2, -0.15) is 0 Å². The van der Waals surface area contributed by atoms with Crippen LogP contribution < -0.4 is 0 Å². The van der Waals surface area contributed by atoms with Crippen LogP contribution in [-0.2, 0) is 20.1 Å². The van der Waals surface area contributed by atoms with Crippen LogP contribution in [0, 0.1) is 19.9 Å². The van der Waals surface area contributed by atoms with Gasteiger partial charge in [0.25, 0.3) is 0 Å². The van der Waals surface area contributed by atoms with Crippen molar-refractivity contribution in [3.63, 3.8) is 0 Å². The molecule has 5 heteroatoms. The van der Waals surface area contributed by atoms with Gasteiger partial charge in [0.05, 0.1) is 23.4 Å². The van der Waals surface area contributed by atoms with Gasteiger partial charge in [-0.15, -0.1) is 29.1 Å². The summed E-state index contributed by atoms with van der Waals surface area (Å²) < 4.78 is 0. The molecule has 177 valence electrons. The SMILES string of the molecule is CC(O)CC(C)O.Cc1c[c-]c2c(c1)c1cccc(C)c1c1nc(-c3ccccc3)cnc21.[Ir]. The van der Waals surface area contributed by atoms with Gasteiger partial charge in [-0.25, -0.2) is 0 Å². The smallest absolute Gasteiger partial charge is 0.0873 e. The molecule has 0 amide bonds. The van der Waals surface area contributed by atoms with Crippen LogP contribution in [0.4, 0.5) is 0 Å². The van der Waals surface area contributed by atoms with E-state index in [-0.39, 0.29) is 32.3 Å². The van der Waals surface area contributed by atoms with Gasteiger partial charge in [-0.3, -0.25) is 4.98 Å². The third-order valence-corrected chi connectivity index (χ3v) is 5.65. The maximum Gasteiger partial charge on any atom is 0.0873 e. The quantitative estimate of drug-likeness (QED) is 0.186. The van der Waals surface area contributed by atoms with Crippen molar-refractivity contribution in [2.75, 3.05) is 0 Å². The molecule has 0 fully saturated rings. The molecule has 34 heavy (non-hydrogen) atoms. The Morgan fingerprint density at radius 1 is 0.882 bits per heavy atom. The van der Waals surface area contributed by atoms with E-state index in [2.05, 4.69) is 56.3 Å². The van der Waals surface area contributed by atoms with Gasteiger partial charge >= 0.3 is 0 Å². The van der Waals surface area contributed by atoms with E-state index < -0.39 is 0 Å². The van der Waals surface area contributed by atoms with Gasteiger partial charge in [-0.1, -0.05) is 66.2 Å². The Kier molecular flexibility index (Phi) is 8.51. The number of nitrogens with zero attached hydrogens (tertiary/aromatic N) is 2. The van der Waals surface area contributed by atoms with E-state index in [0.29, 0.717) is 6.42 Å². The largest absolute Gasteiger partial charge is 0.393 e. The van der Waals surface area contributed by atoms with E-state index in [4.69, 9.17) is 20.2 Å². The predicted octanol–water partition coefficient (Wildman–Crippen LogP) is 6.16. The normalized spacial score (nSPS) is 12.6. The fourth-order valence-electron chi connectivity index (χ4n) is 4.21. The average molecular weight is 630 g/mol. The molecule has 1 aromatic heterocycles. The Labute approximate surface area is 214 Å². The summed E-state index contributed by atoms with van der Waals surface area (Å²) in [5, 5.41) is 21.8. The van der Waals surface area contributed by atoms with Gasteiger partial charge < -0.3 is 15.2 Å². The summed E-state index contributed by atoms with van der Waals surface area (Å²) in [5.41, 5.74) is 6.27. The second-order valence-electron chi connectivity index (χ2n) is 8.72. The molecule has 2 N–H and O–H groups in total.